The van der Waals surface area contributed by atoms with Gasteiger partial charge < -0.3 is 15.4 Å². The van der Waals surface area contributed by atoms with Gasteiger partial charge in [0.2, 0.25) is 5.91 Å². The van der Waals surface area contributed by atoms with Crippen molar-refractivity contribution in [1.29, 1.82) is 0 Å². The lowest BCUT2D eigenvalue weighted by Gasteiger charge is -2.16. The summed E-state index contributed by atoms with van der Waals surface area (Å²) in [5.74, 6) is 0.0779. The highest BCUT2D eigenvalue weighted by Gasteiger charge is 2.16. The van der Waals surface area contributed by atoms with E-state index in [2.05, 4.69) is 10.6 Å². The van der Waals surface area contributed by atoms with E-state index in [1.807, 2.05) is 6.92 Å². The molecule has 0 aliphatic carbocycles. The van der Waals surface area contributed by atoms with E-state index in [1.165, 1.54) is 0 Å². The maximum absolute atomic E-state index is 12.4. The molecular formula is C19H20Cl2N2O3. The van der Waals surface area contributed by atoms with Crippen molar-refractivity contribution >= 4 is 46.4 Å². The molecule has 0 heterocycles. The summed E-state index contributed by atoms with van der Waals surface area (Å²) in [5.41, 5.74) is 0.965. The van der Waals surface area contributed by atoms with E-state index in [0.717, 1.165) is 6.42 Å². The van der Waals surface area contributed by atoms with Crippen LogP contribution in [0, 0.1) is 0 Å². The average Bonchev–Trinajstić information content (AvgIpc) is 2.60. The molecular weight excluding hydrogens is 375 g/mol. The van der Waals surface area contributed by atoms with Gasteiger partial charge in [0.15, 0.2) is 6.10 Å². The van der Waals surface area contributed by atoms with Crippen molar-refractivity contribution in [2.75, 3.05) is 10.6 Å². The summed E-state index contributed by atoms with van der Waals surface area (Å²) >= 11 is 12.0. The lowest BCUT2D eigenvalue weighted by atomic mass is 10.2. The van der Waals surface area contributed by atoms with Crippen molar-refractivity contribution in [3.05, 3.63) is 52.5 Å². The maximum atomic E-state index is 12.4. The van der Waals surface area contributed by atoms with Crippen LogP contribution in [0.25, 0.3) is 0 Å². The van der Waals surface area contributed by atoms with Crippen LogP contribution in [-0.2, 0) is 9.59 Å². The molecule has 1 atom stereocenters. The number of carbonyl (C=O) groups excluding carboxylic acids is 2. The molecule has 0 fully saturated rings. The first-order valence-corrected chi connectivity index (χ1v) is 8.97. The minimum atomic E-state index is -0.745. The molecule has 26 heavy (non-hydrogen) atoms. The minimum Gasteiger partial charge on any atom is -0.481 e. The van der Waals surface area contributed by atoms with Crippen LogP contribution in [0.1, 0.15) is 26.7 Å². The molecule has 0 aliphatic heterocycles. The van der Waals surface area contributed by atoms with Gasteiger partial charge in [0.05, 0.1) is 10.7 Å². The Hall–Kier alpha value is -2.24. The Morgan fingerprint density at radius 1 is 1.08 bits per heavy atom. The molecule has 0 aromatic heterocycles. The summed E-state index contributed by atoms with van der Waals surface area (Å²) in [6.07, 6.45) is 0.435. The molecule has 1 unspecified atom stereocenters. The predicted octanol–water partition coefficient (Wildman–Crippen LogP) is 5.14. The quantitative estimate of drug-likeness (QED) is 0.682. The molecule has 2 amide bonds. The molecule has 0 saturated carbocycles. The number of nitrogens with one attached hydrogen (secondary N) is 2. The summed E-state index contributed by atoms with van der Waals surface area (Å²) in [5, 5.41) is 6.43. The molecule has 0 radical (unpaired) electrons. The molecule has 2 aromatic rings. The van der Waals surface area contributed by atoms with Gasteiger partial charge in [-0.05, 0) is 55.8 Å². The van der Waals surface area contributed by atoms with E-state index in [0.29, 0.717) is 33.6 Å². The molecule has 2 N–H and O–H groups in total. The number of anilines is 2. The van der Waals surface area contributed by atoms with Gasteiger partial charge in [-0.15, -0.1) is 0 Å². The zero-order valence-electron chi connectivity index (χ0n) is 14.5. The van der Waals surface area contributed by atoms with Gasteiger partial charge in [-0.2, -0.15) is 0 Å². The molecule has 7 heteroatoms. The fourth-order valence-electron chi connectivity index (χ4n) is 2.15. The summed E-state index contributed by atoms with van der Waals surface area (Å²) in [6, 6.07) is 11.6. The zero-order chi connectivity index (χ0) is 19.1. The van der Waals surface area contributed by atoms with Crippen LogP contribution in [0.5, 0.6) is 5.75 Å². The predicted molar refractivity (Wildman–Crippen MR) is 105 cm³/mol. The fourth-order valence-corrected chi connectivity index (χ4v) is 2.45. The normalized spacial score (nSPS) is 11.5. The Morgan fingerprint density at radius 2 is 1.77 bits per heavy atom. The summed E-state index contributed by atoms with van der Waals surface area (Å²) < 4.78 is 5.59. The van der Waals surface area contributed by atoms with E-state index in [9.17, 15) is 9.59 Å². The van der Waals surface area contributed by atoms with Gasteiger partial charge in [0.25, 0.3) is 5.91 Å². The highest BCUT2D eigenvalue weighted by atomic mass is 35.5. The van der Waals surface area contributed by atoms with E-state index in [4.69, 9.17) is 27.9 Å². The third-order valence-corrected chi connectivity index (χ3v) is 4.06. The molecule has 2 aromatic carbocycles. The fraction of sp³-hybridized carbons (Fsp3) is 0.263. The van der Waals surface area contributed by atoms with Crippen LogP contribution >= 0.6 is 23.2 Å². The van der Waals surface area contributed by atoms with E-state index >= 15 is 0 Å². The number of amides is 2. The lowest BCUT2D eigenvalue weighted by Crippen LogP contribution is -2.30. The van der Waals surface area contributed by atoms with Crippen molar-refractivity contribution in [2.45, 2.75) is 32.8 Å². The van der Waals surface area contributed by atoms with Gasteiger partial charge in [-0.1, -0.05) is 30.1 Å². The second-order valence-electron chi connectivity index (χ2n) is 5.70. The molecule has 138 valence electrons. The second kappa shape index (κ2) is 9.46. The van der Waals surface area contributed by atoms with Gasteiger partial charge in [-0.3, -0.25) is 9.59 Å². The first-order valence-electron chi connectivity index (χ1n) is 8.21. The Bertz CT molecular complexity index is 779. The topological polar surface area (TPSA) is 67.4 Å². The van der Waals surface area contributed by atoms with Crippen molar-refractivity contribution in [3.8, 4) is 5.75 Å². The highest BCUT2D eigenvalue weighted by molar-refractivity contribution is 6.34. The third-order valence-electron chi connectivity index (χ3n) is 3.48. The lowest BCUT2D eigenvalue weighted by molar-refractivity contribution is -0.122. The standard InChI is InChI=1S/C19H20Cl2N2O3/c1-3-4-18(24)22-14-7-10-16(21)17(11-14)23-19(25)12(2)26-15-8-5-13(20)6-9-15/h5-12H,3-4H2,1-2H3,(H,22,24)(H,23,25). The zero-order valence-corrected chi connectivity index (χ0v) is 16.0. The van der Waals surface area contributed by atoms with Crippen LogP contribution in [0.4, 0.5) is 11.4 Å². The molecule has 0 bridgehead atoms. The SMILES string of the molecule is CCCC(=O)Nc1ccc(Cl)c(NC(=O)C(C)Oc2ccc(Cl)cc2)c1. The number of ether oxygens (including phenoxy) is 1. The monoisotopic (exact) mass is 394 g/mol. The summed E-state index contributed by atoms with van der Waals surface area (Å²) in [4.78, 5) is 24.1. The number of carbonyl (C=O) groups is 2. The highest BCUT2D eigenvalue weighted by Crippen LogP contribution is 2.26. The second-order valence-corrected chi connectivity index (χ2v) is 6.54. The van der Waals surface area contributed by atoms with E-state index in [-0.39, 0.29) is 11.8 Å². The first kappa shape index (κ1) is 20.1. The number of benzene rings is 2. The van der Waals surface area contributed by atoms with Crippen LogP contribution < -0.4 is 15.4 Å². The van der Waals surface area contributed by atoms with Gasteiger partial charge in [-0.25, -0.2) is 0 Å². The maximum Gasteiger partial charge on any atom is 0.265 e. The van der Waals surface area contributed by atoms with Crippen molar-refractivity contribution in [2.24, 2.45) is 0 Å². The number of rotatable bonds is 7. The Balaban J connectivity index is 2.02. The molecule has 0 saturated heterocycles. The van der Waals surface area contributed by atoms with Gasteiger partial charge in [0, 0.05) is 17.1 Å². The van der Waals surface area contributed by atoms with Gasteiger partial charge >= 0.3 is 0 Å². The number of halogens is 2. The van der Waals surface area contributed by atoms with E-state index in [1.54, 1.807) is 49.4 Å². The van der Waals surface area contributed by atoms with Crippen molar-refractivity contribution < 1.29 is 14.3 Å². The number of hydrogen-bond acceptors (Lipinski definition) is 3. The smallest absolute Gasteiger partial charge is 0.265 e. The van der Waals surface area contributed by atoms with Crippen molar-refractivity contribution in [3.63, 3.8) is 0 Å². The Kier molecular flexibility index (Phi) is 7.30. The summed E-state index contributed by atoms with van der Waals surface area (Å²) in [6.45, 7) is 3.56. The minimum absolute atomic E-state index is 0.0912. The Morgan fingerprint density at radius 3 is 2.42 bits per heavy atom. The molecule has 5 nitrogen and oxygen atoms in total. The van der Waals surface area contributed by atoms with Crippen LogP contribution in [0.3, 0.4) is 0 Å². The van der Waals surface area contributed by atoms with Gasteiger partial charge in [0.1, 0.15) is 5.75 Å². The molecule has 0 spiro atoms. The van der Waals surface area contributed by atoms with Crippen molar-refractivity contribution in [1.82, 2.24) is 0 Å². The largest absolute Gasteiger partial charge is 0.481 e. The van der Waals surface area contributed by atoms with E-state index < -0.39 is 6.10 Å². The number of hydrogen-bond donors (Lipinski definition) is 2. The summed E-state index contributed by atoms with van der Waals surface area (Å²) in [7, 11) is 0. The molecule has 2 rings (SSSR count). The first-order chi connectivity index (χ1) is 12.4. The third kappa shape index (κ3) is 5.93. The Labute approximate surface area is 162 Å². The molecule has 0 aliphatic rings. The van der Waals surface area contributed by atoms with Crippen LogP contribution in [0.15, 0.2) is 42.5 Å². The average molecular weight is 395 g/mol. The van der Waals surface area contributed by atoms with Crippen LogP contribution in [-0.4, -0.2) is 17.9 Å². The van der Waals surface area contributed by atoms with Crippen LogP contribution in [0.2, 0.25) is 10.0 Å².